The predicted octanol–water partition coefficient (Wildman–Crippen LogP) is 4.26. The molecule has 1 aromatic carbocycles. The molecule has 0 aliphatic heterocycles. The van der Waals surface area contributed by atoms with Gasteiger partial charge in [0.2, 0.25) is 0 Å². The summed E-state index contributed by atoms with van der Waals surface area (Å²) in [6.07, 6.45) is 2.25. The highest BCUT2D eigenvalue weighted by Gasteiger charge is 2.11. The van der Waals surface area contributed by atoms with Crippen LogP contribution < -0.4 is 10.1 Å². The summed E-state index contributed by atoms with van der Waals surface area (Å²) in [5.41, 5.74) is 1.69. The van der Waals surface area contributed by atoms with Crippen molar-refractivity contribution in [2.24, 2.45) is 0 Å². The molecule has 0 spiro atoms. The maximum absolute atomic E-state index is 9.14. The SMILES string of the molecule is CCCC(NCc1ccc(OC)c(C#N)c1)c1cccs1. The third kappa shape index (κ3) is 4.07. The van der Waals surface area contributed by atoms with Crippen LogP contribution in [-0.2, 0) is 6.54 Å². The first-order chi connectivity index (χ1) is 10.3. The van der Waals surface area contributed by atoms with Gasteiger partial charge in [0, 0.05) is 17.5 Å². The lowest BCUT2D eigenvalue weighted by atomic mass is 10.1. The second-order valence-corrected chi connectivity index (χ2v) is 5.86. The topological polar surface area (TPSA) is 45.0 Å². The Bertz CT molecular complexity index is 602. The van der Waals surface area contributed by atoms with Crippen molar-refractivity contribution in [2.45, 2.75) is 32.4 Å². The average molecular weight is 300 g/mol. The van der Waals surface area contributed by atoms with Crippen LogP contribution in [0.3, 0.4) is 0 Å². The van der Waals surface area contributed by atoms with Gasteiger partial charge in [-0.3, -0.25) is 0 Å². The minimum atomic E-state index is 0.377. The number of nitrogens with zero attached hydrogens (tertiary/aromatic N) is 1. The Morgan fingerprint density at radius 3 is 2.86 bits per heavy atom. The van der Waals surface area contributed by atoms with Crippen molar-refractivity contribution < 1.29 is 4.74 Å². The van der Waals surface area contributed by atoms with Crippen LogP contribution in [0.25, 0.3) is 0 Å². The van der Waals surface area contributed by atoms with Crippen LogP contribution in [-0.4, -0.2) is 7.11 Å². The van der Waals surface area contributed by atoms with E-state index in [1.54, 1.807) is 18.4 Å². The Labute approximate surface area is 130 Å². The highest BCUT2D eigenvalue weighted by atomic mass is 32.1. The molecule has 4 heteroatoms. The Balaban J connectivity index is 2.06. The summed E-state index contributed by atoms with van der Waals surface area (Å²) in [4.78, 5) is 1.37. The van der Waals surface area contributed by atoms with Gasteiger partial charge in [0.15, 0.2) is 0 Å². The van der Waals surface area contributed by atoms with Gasteiger partial charge in [-0.15, -0.1) is 11.3 Å². The maximum atomic E-state index is 9.14. The molecule has 110 valence electrons. The monoisotopic (exact) mass is 300 g/mol. The van der Waals surface area contributed by atoms with Crippen molar-refractivity contribution in [3.63, 3.8) is 0 Å². The normalized spacial score (nSPS) is 11.9. The van der Waals surface area contributed by atoms with Crippen LogP contribution in [0.5, 0.6) is 5.75 Å². The highest BCUT2D eigenvalue weighted by molar-refractivity contribution is 7.10. The Hall–Kier alpha value is -1.83. The van der Waals surface area contributed by atoms with Crippen LogP contribution >= 0.6 is 11.3 Å². The number of nitrogens with one attached hydrogen (secondary N) is 1. The third-order valence-electron chi connectivity index (χ3n) is 3.40. The van der Waals surface area contributed by atoms with Crippen molar-refractivity contribution in [1.29, 1.82) is 5.26 Å². The van der Waals surface area contributed by atoms with E-state index in [-0.39, 0.29) is 0 Å². The fourth-order valence-electron chi connectivity index (χ4n) is 2.32. The average Bonchev–Trinajstić information content (AvgIpc) is 3.05. The van der Waals surface area contributed by atoms with Crippen LogP contribution in [0.15, 0.2) is 35.7 Å². The molecular formula is C17H20N2OS. The summed E-state index contributed by atoms with van der Waals surface area (Å²) in [6, 6.07) is 12.6. The number of rotatable bonds is 7. The lowest BCUT2D eigenvalue weighted by molar-refractivity contribution is 0.413. The molecule has 0 fully saturated rings. The number of hydrogen-bond donors (Lipinski definition) is 1. The molecule has 1 aromatic heterocycles. The van der Waals surface area contributed by atoms with E-state index in [0.29, 0.717) is 17.4 Å². The number of methoxy groups -OCH3 is 1. The molecule has 0 amide bonds. The van der Waals surface area contributed by atoms with Crippen molar-refractivity contribution in [1.82, 2.24) is 5.32 Å². The molecule has 0 bridgehead atoms. The van der Waals surface area contributed by atoms with E-state index in [1.165, 1.54) is 4.88 Å². The van der Waals surface area contributed by atoms with Gasteiger partial charge in [0.1, 0.15) is 11.8 Å². The second-order valence-electron chi connectivity index (χ2n) is 4.88. The summed E-state index contributed by atoms with van der Waals surface area (Å²) >= 11 is 1.78. The molecule has 3 nitrogen and oxygen atoms in total. The van der Waals surface area contributed by atoms with Gasteiger partial charge in [-0.25, -0.2) is 0 Å². The molecule has 21 heavy (non-hydrogen) atoms. The quantitative estimate of drug-likeness (QED) is 0.831. The molecule has 1 N–H and O–H groups in total. The van der Waals surface area contributed by atoms with Gasteiger partial charge in [0.05, 0.1) is 12.7 Å². The zero-order chi connectivity index (χ0) is 15.1. The standard InChI is InChI=1S/C17H20N2OS/c1-3-5-15(17-6-4-9-21-17)19-12-13-7-8-16(20-2)14(10-13)11-18/h4,6-10,15,19H,3,5,12H2,1-2H3. The molecule has 0 aliphatic rings. The smallest absolute Gasteiger partial charge is 0.136 e. The summed E-state index contributed by atoms with van der Waals surface area (Å²) in [7, 11) is 1.59. The van der Waals surface area contributed by atoms with Crippen LogP contribution in [0.2, 0.25) is 0 Å². The maximum Gasteiger partial charge on any atom is 0.136 e. The molecule has 0 saturated heterocycles. The molecule has 2 rings (SSSR count). The van der Waals surface area contributed by atoms with E-state index < -0.39 is 0 Å². The summed E-state index contributed by atoms with van der Waals surface area (Å²) in [5.74, 6) is 0.629. The Morgan fingerprint density at radius 1 is 1.38 bits per heavy atom. The first kappa shape index (κ1) is 15.6. The molecule has 1 unspecified atom stereocenters. The van der Waals surface area contributed by atoms with E-state index in [4.69, 9.17) is 10.00 Å². The van der Waals surface area contributed by atoms with Gasteiger partial charge in [0.25, 0.3) is 0 Å². The van der Waals surface area contributed by atoms with Crippen molar-refractivity contribution in [2.75, 3.05) is 7.11 Å². The van der Waals surface area contributed by atoms with Gasteiger partial charge in [-0.2, -0.15) is 5.26 Å². The van der Waals surface area contributed by atoms with Crippen LogP contribution in [0.1, 0.15) is 41.8 Å². The first-order valence-electron chi connectivity index (χ1n) is 7.12. The van der Waals surface area contributed by atoms with E-state index in [2.05, 4.69) is 35.8 Å². The van der Waals surface area contributed by atoms with Crippen molar-refractivity contribution in [3.8, 4) is 11.8 Å². The number of hydrogen-bond acceptors (Lipinski definition) is 4. The Morgan fingerprint density at radius 2 is 2.24 bits per heavy atom. The third-order valence-corrected chi connectivity index (χ3v) is 4.39. The zero-order valence-corrected chi connectivity index (χ0v) is 13.2. The predicted molar refractivity (Wildman–Crippen MR) is 86.5 cm³/mol. The van der Waals surface area contributed by atoms with Gasteiger partial charge in [-0.1, -0.05) is 25.5 Å². The van der Waals surface area contributed by atoms with Crippen LogP contribution in [0, 0.1) is 11.3 Å². The van der Waals surface area contributed by atoms with E-state index in [9.17, 15) is 0 Å². The summed E-state index contributed by atoms with van der Waals surface area (Å²) in [5, 5.41) is 14.8. The highest BCUT2D eigenvalue weighted by Crippen LogP contribution is 2.24. The zero-order valence-electron chi connectivity index (χ0n) is 12.4. The van der Waals surface area contributed by atoms with Gasteiger partial charge < -0.3 is 10.1 Å². The second kappa shape index (κ2) is 7.82. The molecular weight excluding hydrogens is 280 g/mol. The Kier molecular flexibility index (Phi) is 5.79. The van der Waals surface area contributed by atoms with E-state index >= 15 is 0 Å². The summed E-state index contributed by atoms with van der Waals surface area (Å²) in [6.45, 7) is 2.95. The lowest BCUT2D eigenvalue weighted by Crippen LogP contribution is -2.20. The first-order valence-corrected chi connectivity index (χ1v) is 8.00. The van der Waals surface area contributed by atoms with Gasteiger partial charge in [-0.05, 0) is 35.6 Å². The lowest BCUT2D eigenvalue weighted by Gasteiger charge is -2.17. The van der Waals surface area contributed by atoms with Crippen molar-refractivity contribution >= 4 is 11.3 Å². The minimum Gasteiger partial charge on any atom is -0.495 e. The van der Waals surface area contributed by atoms with Gasteiger partial charge >= 0.3 is 0 Å². The largest absolute Gasteiger partial charge is 0.495 e. The number of thiophene rings is 1. The fraction of sp³-hybridized carbons (Fsp3) is 0.353. The fourth-order valence-corrected chi connectivity index (χ4v) is 3.15. The van der Waals surface area contributed by atoms with Crippen LogP contribution in [0.4, 0.5) is 0 Å². The minimum absolute atomic E-state index is 0.377. The van der Waals surface area contributed by atoms with E-state index in [0.717, 1.165) is 24.9 Å². The molecule has 1 atom stereocenters. The summed E-state index contributed by atoms with van der Waals surface area (Å²) < 4.78 is 5.17. The van der Waals surface area contributed by atoms with E-state index in [1.807, 2.05) is 18.2 Å². The van der Waals surface area contributed by atoms with Crippen molar-refractivity contribution in [3.05, 3.63) is 51.7 Å². The molecule has 0 radical (unpaired) electrons. The molecule has 2 aromatic rings. The number of benzene rings is 1. The molecule has 0 aliphatic carbocycles. The number of ether oxygens (including phenoxy) is 1. The molecule has 0 saturated carbocycles. The molecule has 1 heterocycles. The number of nitriles is 1.